The number of rotatable bonds is 12. The van der Waals surface area contributed by atoms with Gasteiger partial charge in [-0.25, -0.2) is 13.8 Å². The third-order valence-electron chi connectivity index (χ3n) is 4.88. The maximum Gasteiger partial charge on any atom is 0.262 e. The third-order valence-corrected chi connectivity index (χ3v) is 6.26. The number of carbonyl (C=O) groups excluding carboxylic acids is 2. The molecule has 0 aliphatic rings. The Morgan fingerprint density at radius 3 is 2.26 bits per heavy atom. The molecule has 0 aromatic heterocycles. The maximum atomic E-state index is 12.4. The molecule has 38 heavy (non-hydrogen) atoms. The summed E-state index contributed by atoms with van der Waals surface area (Å²) >= 11 is 5.90. The van der Waals surface area contributed by atoms with Gasteiger partial charge in [0.15, 0.2) is 6.61 Å². The number of nitrogens with one attached hydrogen (secondary N) is 2. The quantitative estimate of drug-likeness (QED) is 0.258. The van der Waals surface area contributed by atoms with E-state index < -0.39 is 22.5 Å². The van der Waals surface area contributed by atoms with Gasteiger partial charge >= 0.3 is 0 Å². The van der Waals surface area contributed by atoms with Crippen molar-refractivity contribution in [2.75, 3.05) is 35.6 Å². The lowest BCUT2D eigenvalue weighted by atomic mass is 10.2. The van der Waals surface area contributed by atoms with Crippen LogP contribution < -0.4 is 24.5 Å². The number of benzene rings is 3. The van der Waals surface area contributed by atoms with E-state index in [1.165, 1.54) is 6.21 Å². The molecule has 3 aromatic rings. The van der Waals surface area contributed by atoms with E-state index in [0.717, 1.165) is 10.6 Å². The molecule has 0 unspecified atom stereocenters. The van der Waals surface area contributed by atoms with E-state index in [0.29, 0.717) is 40.1 Å². The van der Waals surface area contributed by atoms with Gasteiger partial charge in [0.2, 0.25) is 10.0 Å². The fourth-order valence-electron chi connectivity index (χ4n) is 3.18. The van der Waals surface area contributed by atoms with Crippen LogP contribution in [-0.2, 0) is 19.6 Å². The molecule has 0 heterocycles. The monoisotopic (exact) mass is 558 g/mol. The molecule has 0 saturated carbocycles. The summed E-state index contributed by atoms with van der Waals surface area (Å²) in [7, 11) is -3.72. The first-order chi connectivity index (χ1) is 18.1. The second-order valence-corrected chi connectivity index (χ2v) is 10.2. The van der Waals surface area contributed by atoms with Crippen LogP contribution in [0.2, 0.25) is 5.02 Å². The highest BCUT2D eigenvalue weighted by Crippen LogP contribution is 2.21. The predicted molar refractivity (Wildman–Crippen MR) is 148 cm³/mol. The fourth-order valence-corrected chi connectivity index (χ4v) is 4.23. The van der Waals surface area contributed by atoms with Gasteiger partial charge in [0, 0.05) is 10.7 Å². The fraction of sp³-hybridized carbons (Fsp3) is 0.192. The number of amides is 2. The van der Waals surface area contributed by atoms with Crippen molar-refractivity contribution in [3.63, 3.8) is 0 Å². The van der Waals surface area contributed by atoms with Crippen molar-refractivity contribution in [1.29, 1.82) is 0 Å². The second kappa shape index (κ2) is 13.5. The van der Waals surface area contributed by atoms with Crippen LogP contribution in [0.5, 0.6) is 11.5 Å². The van der Waals surface area contributed by atoms with Crippen LogP contribution in [0.1, 0.15) is 12.5 Å². The van der Waals surface area contributed by atoms with Crippen LogP contribution in [0.4, 0.5) is 11.4 Å². The first-order valence-electron chi connectivity index (χ1n) is 11.4. The lowest BCUT2D eigenvalue weighted by Crippen LogP contribution is -2.39. The molecule has 0 fully saturated rings. The largest absolute Gasteiger partial charge is 0.494 e. The molecule has 2 amide bonds. The Kier molecular flexibility index (Phi) is 10.1. The van der Waals surface area contributed by atoms with E-state index in [9.17, 15) is 18.0 Å². The lowest BCUT2D eigenvalue weighted by molar-refractivity contribution is -0.119. The number of hydrazone groups is 1. The van der Waals surface area contributed by atoms with Gasteiger partial charge in [-0.3, -0.25) is 13.9 Å². The first-order valence-corrected chi connectivity index (χ1v) is 13.7. The summed E-state index contributed by atoms with van der Waals surface area (Å²) in [6, 6.07) is 19.8. The normalized spacial score (nSPS) is 11.1. The number of hydrogen-bond donors (Lipinski definition) is 2. The van der Waals surface area contributed by atoms with Crippen LogP contribution in [0, 0.1) is 0 Å². The molecule has 200 valence electrons. The van der Waals surface area contributed by atoms with E-state index in [-0.39, 0.29) is 12.5 Å². The number of hydrogen-bond acceptors (Lipinski definition) is 7. The van der Waals surface area contributed by atoms with Gasteiger partial charge in [-0.1, -0.05) is 17.7 Å². The van der Waals surface area contributed by atoms with Gasteiger partial charge in [0.1, 0.15) is 18.0 Å². The van der Waals surface area contributed by atoms with Crippen molar-refractivity contribution in [2.45, 2.75) is 6.92 Å². The molecule has 0 spiro atoms. The molecule has 0 aliphatic heterocycles. The average molecular weight is 559 g/mol. The summed E-state index contributed by atoms with van der Waals surface area (Å²) in [6.45, 7) is 1.68. The van der Waals surface area contributed by atoms with E-state index in [1.807, 2.05) is 6.92 Å². The van der Waals surface area contributed by atoms with Crippen LogP contribution in [0.25, 0.3) is 0 Å². The van der Waals surface area contributed by atoms with Gasteiger partial charge in [-0.05, 0) is 79.2 Å². The molecular weight excluding hydrogens is 532 g/mol. The lowest BCUT2D eigenvalue weighted by Gasteiger charge is -2.21. The minimum atomic E-state index is -3.72. The van der Waals surface area contributed by atoms with Crippen molar-refractivity contribution in [2.24, 2.45) is 5.10 Å². The minimum Gasteiger partial charge on any atom is -0.494 e. The minimum absolute atomic E-state index is 0.193. The molecule has 12 heteroatoms. The Morgan fingerprint density at radius 2 is 1.63 bits per heavy atom. The molecule has 0 saturated heterocycles. The zero-order valence-electron chi connectivity index (χ0n) is 20.8. The summed E-state index contributed by atoms with van der Waals surface area (Å²) in [5.74, 6) is 0.0998. The van der Waals surface area contributed by atoms with Gasteiger partial charge < -0.3 is 14.8 Å². The summed E-state index contributed by atoms with van der Waals surface area (Å²) in [6.07, 6.45) is 2.42. The Morgan fingerprint density at radius 1 is 0.974 bits per heavy atom. The summed E-state index contributed by atoms with van der Waals surface area (Å²) in [5.41, 5.74) is 3.86. The topological polar surface area (TPSA) is 126 Å². The highest BCUT2D eigenvalue weighted by Gasteiger charge is 2.20. The molecule has 3 rings (SSSR count). The second-order valence-electron chi connectivity index (χ2n) is 7.91. The van der Waals surface area contributed by atoms with Crippen molar-refractivity contribution >= 4 is 51.0 Å². The van der Waals surface area contributed by atoms with E-state index in [2.05, 4.69) is 15.8 Å². The van der Waals surface area contributed by atoms with Gasteiger partial charge in [0.05, 0.1) is 24.8 Å². The van der Waals surface area contributed by atoms with E-state index in [1.54, 1.807) is 72.8 Å². The number of sulfonamides is 1. The smallest absolute Gasteiger partial charge is 0.262 e. The molecular formula is C26H27ClN4O6S. The Hall–Kier alpha value is -4.09. The van der Waals surface area contributed by atoms with Crippen LogP contribution in [-0.4, -0.2) is 52.5 Å². The first kappa shape index (κ1) is 28.5. The Bertz CT molecular complexity index is 1380. The standard InChI is InChI=1S/C26H27ClN4O6S/c1-3-36-23-13-9-22(10-14-23)31(38(2,34)35)17-25(32)30-28-16-19-7-11-24(12-8-19)37-18-26(33)29-21-6-4-5-20(27)15-21/h4-16H,3,17-18H2,1-2H3,(H,29,33)(H,30,32)/b28-16-. The molecule has 0 atom stereocenters. The number of ether oxygens (including phenoxy) is 2. The molecule has 0 bridgehead atoms. The highest BCUT2D eigenvalue weighted by molar-refractivity contribution is 7.92. The van der Waals surface area contributed by atoms with E-state index >= 15 is 0 Å². The van der Waals surface area contributed by atoms with Gasteiger partial charge in [-0.2, -0.15) is 5.10 Å². The predicted octanol–water partition coefficient (Wildman–Crippen LogP) is 3.67. The van der Waals surface area contributed by atoms with Crippen LogP contribution in [0.15, 0.2) is 77.9 Å². The highest BCUT2D eigenvalue weighted by atomic mass is 35.5. The number of halogens is 1. The van der Waals surface area contributed by atoms with Crippen molar-refractivity contribution in [3.05, 3.63) is 83.4 Å². The van der Waals surface area contributed by atoms with Crippen LogP contribution >= 0.6 is 11.6 Å². The van der Waals surface area contributed by atoms with Crippen molar-refractivity contribution in [3.8, 4) is 11.5 Å². The molecule has 10 nitrogen and oxygen atoms in total. The van der Waals surface area contributed by atoms with Gasteiger partial charge in [-0.15, -0.1) is 0 Å². The van der Waals surface area contributed by atoms with Gasteiger partial charge in [0.25, 0.3) is 11.8 Å². The summed E-state index contributed by atoms with van der Waals surface area (Å²) in [4.78, 5) is 24.4. The van der Waals surface area contributed by atoms with Crippen molar-refractivity contribution < 1.29 is 27.5 Å². The number of anilines is 2. The molecule has 0 aliphatic carbocycles. The summed E-state index contributed by atoms with van der Waals surface area (Å²) < 4.78 is 36.3. The Labute approximate surface area is 226 Å². The zero-order chi connectivity index (χ0) is 27.5. The average Bonchev–Trinajstić information content (AvgIpc) is 2.87. The van der Waals surface area contributed by atoms with Crippen LogP contribution in [0.3, 0.4) is 0 Å². The Balaban J connectivity index is 1.49. The molecule has 3 aromatic carbocycles. The van der Waals surface area contributed by atoms with E-state index in [4.69, 9.17) is 21.1 Å². The molecule has 2 N–H and O–H groups in total. The summed E-state index contributed by atoms with van der Waals surface area (Å²) in [5, 5.41) is 7.08. The number of carbonyl (C=O) groups is 2. The zero-order valence-corrected chi connectivity index (χ0v) is 22.3. The third kappa shape index (κ3) is 9.09. The SMILES string of the molecule is CCOc1ccc(N(CC(=O)N/N=C\c2ccc(OCC(=O)Nc3cccc(Cl)c3)cc2)S(C)(=O)=O)cc1. The molecule has 0 radical (unpaired) electrons. The maximum absolute atomic E-state index is 12.4. The number of nitrogens with zero attached hydrogens (tertiary/aromatic N) is 2. The van der Waals surface area contributed by atoms with Crippen molar-refractivity contribution in [1.82, 2.24) is 5.43 Å².